The number of carbonyl (C=O) groups excluding carboxylic acids is 1. The summed E-state index contributed by atoms with van der Waals surface area (Å²) >= 11 is 0. The summed E-state index contributed by atoms with van der Waals surface area (Å²) < 4.78 is 12.8. The summed E-state index contributed by atoms with van der Waals surface area (Å²) in [6.45, 7) is 5.40. The number of ether oxygens (including phenoxy) is 1. The first-order chi connectivity index (χ1) is 16.9. The molecule has 3 aromatic heterocycles. The van der Waals surface area contributed by atoms with Gasteiger partial charge in [-0.3, -0.25) is 9.78 Å². The van der Waals surface area contributed by atoms with E-state index in [-0.39, 0.29) is 11.3 Å². The molecular formula is C27H29N5O3. The van der Waals surface area contributed by atoms with Crippen LogP contribution < -0.4 is 4.74 Å². The number of amides is 1. The third-order valence-electron chi connectivity index (χ3n) is 7.16. The summed E-state index contributed by atoms with van der Waals surface area (Å²) in [6.07, 6.45) is 3.23. The predicted octanol–water partition coefficient (Wildman–Crippen LogP) is 4.65. The Labute approximate surface area is 204 Å². The van der Waals surface area contributed by atoms with E-state index in [1.165, 1.54) is 0 Å². The second kappa shape index (κ2) is 9.02. The van der Waals surface area contributed by atoms with Crippen LogP contribution in [-0.2, 0) is 12.5 Å². The molecule has 0 N–H and O–H groups in total. The number of rotatable bonds is 5. The molecule has 4 heterocycles. The van der Waals surface area contributed by atoms with E-state index in [0.717, 1.165) is 41.1 Å². The SMILES string of the molecule is COc1ccc(-c2cc(C(=O)N3CCC(C)(c4noc(-c5ccccn5)n4)CC3)c(C)n2C)cc1. The zero-order valence-electron chi connectivity index (χ0n) is 20.5. The molecule has 5 rings (SSSR count). The van der Waals surface area contributed by atoms with Crippen molar-refractivity contribution in [3.05, 3.63) is 71.8 Å². The first-order valence-corrected chi connectivity index (χ1v) is 11.8. The molecule has 0 bridgehead atoms. The van der Waals surface area contributed by atoms with Crippen LogP contribution in [0.3, 0.4) is 0 Å². The van der Waals surface area contributed by atoms with E-state index < -0.39 is 0 Å². The van der Waals surface area contributed by atoms with Gasteiger partial charge in [-0.05, 0) is 67.8 Å². The maximum Gasteiger partial charge on any atom is 0.276 e. The van der Waals surface area contributed by atoms with Crippen molar-refractivity contribution in [2.75, 3.05) is 20.2 Å². The number of nitrogens with zero attached hydrogens (tertiary/aromatic N) is 5. The van der Waals surface area contributed by atoms with Crippen molar-refractivity contribution in [3.8, 4) is 28.6 Å². The van der Waals surface area contributed by atoms with Gasteiger partial charge in [0, 0.05) is 43.1 Å². The van der Waals surface area contributed by atoms with Crippen LogP contribution in [0.15, 0.2) is 59.3 Å². The molecule has 0 radical (unpaired) electrons. The fourth-order valence-corrected chi connectivity index (χ4v) is 4.61. The van der Waals surface area contributed by atoms with Gasteiger partial charge in [0.05, 0.1) is 12.7 Å². The van der Waals surface area contributed by atoms with E-state index in [2.05, 4.69) is 26.6 Å². The number of benzene rings is 1. The molecule has 8 heteroatoms. The minimum absolute atomic E-state index is 0.0576. The first-order valence-electron chi connectivity index (χ1n) is 11.8. The molecule has 4 aromatic rings. The van der Waals surface area contributed by atoms with Crippen LogP contribution in [0, 0.1) is 6.92 Å². The quantitative estimate of drug-likeness (QED) is 0.421. The smallest absolute Gasteiger partial charge is 0.276 e. The van der Waals surface area contributed by atoms with E-state index in [1.54, 1.807) is 13.3 Å². The lowest BCUT2D eigenvalue weighted by atomic mass is 9.79. The third-order valence-corrected chi connectivity index (χ3v) is 7.16. The number of hydrogen-bond donors (Lipinski definition) is 0. The lowest BCUT2D eigenvalue weighted by Gasteiger charge is -2.37. The Morgan fingerprint density at radius 1 is 1.11 bits per heavy atom. The summed E-state index contributed by atoms with van der Waals surface area (Å²) in [5.74, 6) is 1.96. The molecule has 0 aliphatic carbocycles. The molecule has 0 saturated carbocycles. The molecular weight excluding hydrogens is 442 g/mol. The van der Waals surface area contributed by atoms with Crippen LogP contribution in [0.25, 0.3) is 22.8 Å². The molecule has 0 atom stereocenters. The molecule has 0 unspecified atom stereocenters. The van der Waals surface area contributed by atoms with Crippen molar-refractivity contribution in [1.29, 1.82) is 0 Å². The standard InChI is InChI=1S/C27H29N5O3/c1-18-21(17-23(31(18)3)19-8-10-20(34-4)11-9-19)25(33)32-15-12-27(2,13-16-32)26-29-24(35-30-26)22-7-5-6-14-28-22/h5-11,14,17H,12-13,15-16H2,1-4H3. The van der Waals surface area contributed by atoms with Gasteiger partial charge in [-0.25, -0.2) is 0 Å². The molecule has 1 aliphatic rings. The van der Waals surface area contributed by atoms with E-state index in [1.807, 2.05) is 67.4 Å². The van der Waals surface area contributed by atoms with Crippen molar-refractivity contribution in [2.24, 2.45) is 7.05 Å². The Kier molecular flexibility index (Phi) is 5.88. The molecule has 1 fully saturated rings. The molecule has 35 heavy (non-hydrogen) atoms. The summed E-state index contributed by atoms with van der Waals surface area (Å²) in [6, 6.07) is 15.5. The fraction of sp³-hybridized carbons (Fsp3) is 0.333. The highest BCUT2D eigenvalue weighted by atomic mass is 16.5. The third kappa shape index (κ3) is 4.20. The predicted molar refractivity (Wildman–Crippen MR) is 132 cm³/mol. The van der Waals surface area contributed by atoms with Gasteiger partial charge in [-0.15, -0.1) is 0 Å². The fourth-order valence-electron chi connectivity index (χ4n) is 4.61. The first kappa shape index (κ1) is 22.8. The highest BCUT2D eigenvalue weighted by Gasteiger charge is 2.38. The Hall–Kier alpha value is -3.94. The largest absolute Gasteiger partial charge is 0.497 e. The molecule has 1 aliphatic heterocycles. The van der Waals surface area contributed by atoms with Gasteiger partial charge in [-0.1, -0.05) is 18.1 Å². The molecule has 0 spiro atoms. The van der Waals surface area contributed by atoms with Crippen molar-refractivity contribution < 1.29 is 14.1 Å². The second-order valence-corrected chi connectivity index (χ2v) is 9.31. The van der Waals surface area contributed by atoms with Gasteiger partial charge in [0.1, 0.15) is 11.4 Å². The summed E-state index contributed by atoms with van der Waals surface area (Å²) in [5, 5.41) is 4.25. The van der Waals surface area contributed by atoms with Crippen molar-refractivity contribution in [3.63, 3.8) is 0 Å². The summed E-state index contributed by atoms with van der Waals surface area (Å²) in [5.41, 5.74) is 4.14. The second-order valence-electron chi connectivity index (χ2n) is 9.31. The lowest BCUT2D eigenvalue weighted by Crippen LogP contribution is -2.44. The van der Waals surface area contributed by atoms with Gasteiger partial charge in [0.2, 0.25) is 0 Å². The molecule has 8 nitrogen and oxygen atoms in total. The van der Waals surface area contributed by atoms with E-state index in [0.29, 0.717) is 30.5 Å². The zero-order chi connectivity index (χ0) is 24.6. The molecule has 1 amide bonds. The van der Waals surface area contributed by atoms with Gasteiger partial charge in [-0.2, -0.15) is 4.98 Å². The maximum absolute atomic E-state index is 13.5. The minimum atomic E-state index is -0.257. The van der Waals surface area contributed by atoms with Crippen LogP contribution in [0.4, 0.5) is 0 Å². The number of pyridine rings is 1. The highest BCUT2D eigenvalue weighted by Crippen LogP contribution is 2.35. The Morgan fingerprint density at radius 3 is 2.51 bits per heavy atom. The van der Waals surface area contributed by atoms with Gasteiger partial charge < -0.3 is 18.7 Å². The number of methoxy groups -OCH3 is 1. The normalized spacial score (nSPS) is 15.3. The maximum atomic E-state index is 13.5. The Balaban J connectivity index is 1.31. The van der Waals surface area contributed by atoms with Crippen LogP contribution in [0.2, 0.25) is 0 Å². The van der Waals surface area contributed by atoms with Crippen molar-refractivity contribution in [2.45, 2.75) is 32.1 Å². The Bertz CT molecular complexity index is 1330. The highest BCUT2D eigenvalue weighted by molar-refractivity contribution is 5.97. The van der Waals surface area contributed by atoms with Crippen molar-refractivity contribution >= 4 is 5.91 Å². The molecule has 180 valence electrons. The molecule has 1 aromatic carbocycles. The number of aromatic nitrogens is 4. The average Bonchev–Trinajstić information content (AvgIpc) is 3.51. The van der Waals surface area contributed by atoms with Crippen LogP contribution in [-0.4, -0.2) is 50.7 Å². The molecule has 1 saturated heterocycles. The summed E-state index contributed by atoms with van der Waals surface area (Å²) in [7, 11) is 3.65. The van der Waals surface area contributed by atoms with E-state index in [4.69, 9.17) is 9.26 Å². The van der Waals surface area contributed by atoms with Gasteiger partial charge in [0.15, 0.2) is 5.82 Å². The van der Waals surface area contributed by atoms with E-state index in [9.17, 15) is 4.79 Å². The van der Waals surface area contributed by atoms with Crippen LogP contribution in [0.5, 0.6) is 5.75 Å². The minimum Gasteiger partial charge on any atom is -0.497 e. The topological polar surface area (TPSA) is 86.3 Å². The average molecular weight is 472 g/mol. The monoisotopic (exact) mass is 471 g/mol. The summed E-state index contributed by atoms with van der Waals surface area (Å²) in [4.78, 5) is 24.3. The zero-order valence-corrected chi connectivity index (χ0v) is 20.5. The van der Waals surface area contributed by atoms with Gasteiger partial charge in [0.25, 0.3) is 11.8 Å². The van der Waals surface area contributed by atoms with Crippen LogP contribution in [0.1, 0.15) is 41.6 Å². The van der Waals surface area contributed by atoms with Gasteiger partial charge >= 0.3 is 0 Å². The number of carbonyl (C=O) groups is 1. The lowest BCUT2D eigenvalue weighted by molar-refractivity contribution is 0.0669. The Morgan fingerprint density at radius 2 is 1.86 bits per heavy atom. The van der Waals surface area contributed by atoms with E-state index >= 15 is 0 Å². The number of likely N-dealkylation sites (tertiary alicyclic amines) is 1. The number of piperidine rings is 1. The van der Waals surface area contributed by atoms with Crippen molar-refractivity contribution in [1.82, 2.24) is 24.6 Å². The van der Waals surface area contributed by atoms with Crippen LogP contribution >= 0.6 is 0 Å². The number of hydrogen-bond acceptors (Lipinski definition) is 6.